The number of urea groups is 1. The van der Waals surface area contributed by atoms with Gasteiger partial charge in [0.1, 0.15) is 5.54 Å². The number of hydrogen-bond donors (Lipinski definition) is 1. The van der Waals surface area contributed by atoms with Crippen LogP contribution in [0.4, 0.5) is 4.79 Å². The monoisotopic (exact) mass is 454 g/mol. The van der Waals surface area contributed by atoms with Crippen molar-refractivity contribution in [3.8, 4) is 0 Å². The summed E-state index contributed by atoms with van der Waals surface area (Å²) in [5, 5.41) is 3.14. The fourth-order valence-corrected chi connectivity index (χ4v) is 4.99. The summed E-state index contributed by atoms with van der Waals surface area (Å²) in [7, 11) is 3.97. The van der Waals surface area contributed by atoms with Gasteiger partial charge in [0, 0.05) is 31.6 Å². The highest BCUT2D eigenvalue weighted by Gasteiger charge is 2.55. The van der Waals surface area contributed by atoms with Crippen molar-refractivity contribution in [1.82, 2.24) is 20.0 Å². The van der Waals surface area contributed by atoms with Crippen molar-refractivity contribution in [2.24, 2.45) is 5.92 Å². The van der Waals surface area contributed by atoms with Crippen LogP contribution >= 0.6 is 0 Å². The molecule has 2 aliphatic rings. The van der Waals surface area contributed by atoms with E-state index in [1.54, 1.807) is 0 Å². The molecule has 33 heavy (non-hydrogen) atoms. The molecule has 3 rings (SSSR count). The molecule has 0 bridgehead atoms. The van der Waals surface area contributed by atoms with Crippen LogP contribution in [0, 0.1) is 12.8 Å². The van der Waals surface area contributed by atoms with Gasteiger partial charge in [0.05, 0.1) is 0 Å². The maximum absolute atomic E-state index is 13.8. The lowest BCUT2D eigenvalue weighted by atomic mass is 9.73. The van der Waals surface area contributed by atoms with E-state index in [4.69, 9.17) is 0 Å². The van der Waals surface area contributed by atoms with Crippen LogP contribution in [-0.2, 0) is 16.0 Å². The van der Waals surface area contributed by atoms with Gasteiger partial charge in [-0.25, -0.2) is 4.79 Å². The molecule has 1 N–H and O–H groups in total. The number of benzene rings is 1. The SMILES string of the molecule is C/C=C(\C)C(=O)N1CCC([C@@]2(Cc3ccccc3C)NC(=O)N(CCCN(C)C)C2=O)CC1. The third-order valence-electron chi connectivity index (χ3n) is 7.17. The number of allylic oxidation sites excluding steroid dienone is 1. The molecule has 1 atom stereocenters. The van der Waals surface area contributed by atoms with Gasteiger partial charge in [-0.3, -0.25) is 14.5 Å². The molecule has 180 valence electrons. The third kappa shape index (κ3) is 5.29. The minimum absolute atomic E-state index is 0.0256. The van der Waals surface area contributed by atoms with Crippen LogP contribution in [0.3, 0.4) is 0 Å². The summed E-state index contributed by atoms with van der Waals surface area (Å²) >= 11 is 0. The zero-order valence-electron chi connectivity index (χ0n) is 20.7. The number of aryl methyl sites for hydroxylation is 1. The number of nitrogens with one attached hydrogen (secondary N) is 1. The summed E-state index contributed by atoms with van der Waals surface area (Å²) in [6.45, 7) is 8.15. The van der Waals surface area contributed by atoms with Gasteiger partial charge in [-0.2, -0.15) is 0 Å². The summed E-state index contributed by atoms with van der Waals surface area (Å²) in [5.74, 6) is -0.0951. The molecule has 2 aliphatic heterocycles. The highest BCUT2D eigenvalue weighted by molar-refractivity contribution is 6.07. The molecule has 0 unspecified atom stereocenters. The molecule has 4 amide bonds. The first-order valence-corrected chi connectivity index (χ1v) is 11.9. The first kappa shape index (κ1) is 25.0. The Morgan fingerprint density at radius 3 is 2.48 bits per heavy atom. The molecule has 0 spiro atoms. The zero-order valence-corrected chi connectivity index (χ0v) is 20.7. The Balaban J connectivity index is 1.85. The fourth-order valence-electron chi connectivity index (χ4n) is 4.99. The van der Waals surface area contributed by atoms with E-state index in [1.165, 1.54) is 4.90 Å². The topological polar surface area (TPSA) is 73.0 Å². The molecule has 1 aromatic rings. The van der Waals surface area contributed by atoms with Crippen LogP contribution in [0.2, 0.25) is 0 Å². The molecular weight excluding hydrogens is 416 g/mol. The van der Waals surface area contributed by atoms with Gasteiger partial charge < -0.3 is 15.1 Å². The minimum atomic E-state index is -0.966. The first-order chi connectivity index (χ1) is 15.7. The number of amides is 4. The van der Waals surface area contributed by atoms with E-state index < -0.39 is 5.54 Å². The number of carbonyl (C=O) groups is 3. The molecular formula is C26H38N4O3. The van der Waals surface area contributed by atoms with Crippen LogP contribution in [0.25, 0.3) is 0 Å². The van der Waals surface area contributed by atoms with Gasteiger partial charge in [-0.05, 0) is 77.7 Å². The largest absolute Gasteiger partial charge is 0.339 e. The normalized spacial score (nSPS) is 22.3. The maximum Gasteiger partial charge on any atom is 0.325 e. The van der Waals surface area contributed by atoms with Crippen LogP contribution in [-0.4, -0.2) is 78.4 Å². The Hall–Kier alpha value is -2.67. The first-order valence-electron chi connectivity index (χ1n) is 11.9. The number of rotatable bonds is 8. The summed E-state index contributed by atoms with van der Waals surface area (Å²) in [4.78, 5) is 44.8. The van der Waals surface area contributed by atoms with Gasteiger partial charge in [0.25, 0.3) is 5.91 Å². The van der Waals surface area contributed by atoms with E-state index >= 15 is 0 Å². The number of piperidine rings is 1. The van der Waals surface area contributed by atoms with Crippen molar-refractivity contribution in [2.45, 2.75) is 52.0 Å². The smallest absolute Gasteiger partial charge is 0.325 e. The molecule has 7 heteroatoms. The fraction of sp³-hybridized carbons (Fsp3) is 0.577. The number of imide groups is 1. The van der Waals surface area contributed by atoms with Gasteiger partial charge in [0.2, 0.25) is 5.91 Å². The number of likely N-dealkylation sites (tertiary alicyclic amines) is 1. The minimum Gasteiger partial charge on any atom is -0.339 e. The van der Waals surface area contributed by atoms with Gasteiger partial charge in [-0.1, -0.05) is 30.3 Å². The highest BCUT2D eigenvalue weighted by Crippen LogP contribution is 2.37. The van der Waals surface area contributed by atoms with Crippen LogP contribution in [0.15, 0.2) is 35.9 Å². The van der Waals surface area contributed by atoms with E-state index in [-0.39, 0.29) is 23.8 Å². The summed E-state index contributed by atoms with van der Waals surface area (Å²) in [6, 6.07) is 7.75. The molecule has 0 aromatic heterocycles. The Morgan fingerprint density at radius 2 is 1.88 bits per heavy atom. The number of hydrogen-bond acceptors (Lipinski definition) is 4. The van der Waals surface area contributed by atoms with Crippen LogP contribution in [0.1, 0.15) is 44.2 Å². The predicted octanol–water partition coefficient (Wildman–Crippen LogP) is 2.98. The molecule has 0 radical (unpaired) electrons. The standard InChI is InChI=1S/C26H38N4O3/c1-6-19(2)23(31)29-16-12-22(13-17-29)26(18-21-11-8-7-10-20(21)3)24(32)30(25(33)27-26)15-9-14-28(4)5/h6-8,10-11,22H,9,12-18H2,1-5H3,(H,27,33)/b19-6+/t26-/m1/s1. The Morgan fingerprint density at radius 1 is 1.21 bits per heavy atom. The number of carbonyl (C=O) groups excluding carboxylic acids is 3. The molecule has 1 aromatic carbocycles. The second-order valence-electron chi connectivity index (χ2n) is 9.66. The molecule has 0 aliphatic carbocycles. The third-order valence-corrected chi connectivity index (χ3v) is 7.17. The highest BCUT2D eigenvalue weighted by atomic mass is 16.2. The zero-order chi connectivity index (χ0) is 24.2. The lowest BCUT2D eigenvalue weighted by Crippen LogP contribution is -2.58. The average Bonchev–Trinajstić information content (AvgIpc) is 3.04. The number of nitrogens with zero attached hydrogens (tertiary/aromatic N) is 3. The van der Waals surface area contributed by atoms with E-state index in [2.05, 4.69) is 10.2 Å². The van der Waals surface area contributed by atoms with Crippen molar-refractivity contribution in [3.05, 3.63) is 47.0 Å². The van der Waals surface area contributed by atoms with Gasteiger partial charge >= 0.3 is 6.03 Å². The predicted molar refractivity (Wildman–Crippen MR) is 130 cm³/mol. The van der Waals surface area contributed by atoms with Gasteiger partial charge in [-0.15, -0.1) is 0 Å². The molecule has 7 nitrogen and oxygen atoms in total. The quantitative estimate of drug-likeness (QED) is 0.484. The molecule has 2 heterocycles. The second kappa shape index (κ2) is 10.5. The Labute approximate surface area is 197 Å². The van der Waals surface area contributed by atoms with Crippen molar-refractivity contribution < 1.29 is 14.4 Å². The van der Waals surface area contributed by atoms with E-state index in [1.807, 2.05) is 70.1 Å². The van der Waals surface area contributed by atoms with Crippen LogP contribution < -0.4 is 5.32 Å². The van der Waals surface area contributed by atoms with Crippen molar-refractivity contribution in [3.63, 3.8) is 0 Å². The van der Waals surface area contributed by atoms with Crippen molar-refractivity contribution in [1.29, 1.82) is 0 Å². The van der Waals surface area contributed by atoms with E-state index in [0.717, 1.165) is 29.7 Å². The summed E-state index contributed by atoms with van der Waals surface area (Å²) in [5.41, 5.74) is 1.96. The van der Waals surface area contributed by atoms with E-state index in [0.29, 0.717) is 38.9 Å². The van der Waals surface area contributed by atoms with Crippen molar-refractivity contribution >= 4 is 17.8 Å². The van der Waals surface area contributed by atoms with Crippen molar-refractivity contribution in [2.75, 3.05) is 40.3 Å². The average molecular weight is 455 g/mol. The summed E-state index contributed by atoms with van der Waals surface area (Å²) in [6.07, 6.45) is 4.42. The van der Waals surface area contributed by atoms with Crippen LogP contribution in [0.5, 0.6) is 0 Å². The van der Waals surface area contributed by atoms with Gasteiger partial charge in [0.15, 0.2) is 0 Å². The molecule has 0 saturated carbocycles. The lowest BCUT2D eigenvalue weighted by molar-refractivity contribution is -0.135. The van der Waals surface area contributed by atoms with E-state index in [9.17, 15) is 14.4 Å². The second-order valence-corrected chi connectivity index (χ2v) is 9.66. The summed E-state index contributed by atoms with van der Waals surface area (Å²) < 4.78 is 0. The molecule has 2 fully saturated rings. The Kier molecular flexibility index (Phi) is 7.95. The Bertz CT molecular complexity index is 918. The lowest BCUT2D eigenvalue weighted by Gasteiger charge is -2.41. The molecule has 2 saturated heterocycles. The maximum atomic E-state index is 13.8.